The minimum absolute atomic E-state index is 0.0418. The lowest BCUT2D eigenvalue weighted by atomic mass is 9.54. The number of nitrogens with one attached hydrogen (secondary N) is 1. The summed E-state index contributed by atoms with van der Waals surface area (Å²) in [6.45, 7) is 12.7. The number of hydrogen-bond donors (Lipinski definition) is 2. The number of amides is 1. The van der Waals surface area contributed by atoms with E-state index in [0.29, 0.717) is 13.0 Å². The first-order valence-electron chi connectivity index (χ1n) is 10.1. The van der Waals surface area contributed by atoms with E-state index in [1.165, 1.54) is 5.56 Å². The summed E-state index contributed by atoms with van der Waals surface area (Å²) in [7, 11) is 0. The molecule has 0 saturated heterocycles. The fourth-order valence-corrected chi connectivity index (χ4v) is 3.64. The Bertz CT molecular complexity index is 627. The summed E-state index contributed by atoms with van der Waals surface area (Å²) in [5.41, 5.74) is 6.46. The second-order valence-electron chi connectivity index (χ2n) is 8.56. The molecule has 3 atom stereocenters. The molecule has 3 unspecified atom stereocenters. The van der Waals surface area contributed by atoms with Crippen molar-refractivity contribution in [3.05, 3.63) is 29.8 Å². The van der Waals surface area contributed by atoms with Gasteiger partial charge in [0.15, 0.2) is 0 Å². The first-order valence-corrected chi connectivity index (χ1v) is 10.1. The SMILES string of the molecule is CCOC1CC(N)(C(=O)NC(C)CCc2ccc(OC(C)C)cc2)C1(C)C. The van der Waals surface area contributed by atoms with E-state index < -0.39 is 5.54 Å². The van der Waals surface area contributed by atoms with Gasteiger partial charge in [0.2, 0.25) is 5.91 Å². The van der Waals surface area contributed by atoms with Gasteiger partial charge in [-0.05, 0) is 58.2 Å². The van der Waals surface area contributed by atoms with Crippen LogP contribution in [0.5, 0.6) is 5.75 Å². The summed E-state index contributed by atoms with van der Waals surface area (Å²) in [6, 6.07) is 8.22. The van der Waals surface area contributed by atoms with Gasteiger partial charge in [-0.1, -0.05) is 26.0 Å². The molecule has 27 heavy (non-hydrogen) atoms. The number of aryl methyl sites for hydroxylation is 1. The molecule has 1 aromatic carbocycles. The molecule has 0 radical (unpaired) electrons. The summed E-state index contributed by atoms with van der Waals surface area (Å²) < 4.78 is 11.4. The predicted molar refractivity (Wildman–Crippen MR) is 109 cm³/mol. The van der Waals surface area contributed by atoms with Crippen LogP contribution in [-0.2, 0) is 16.0 Å². The Morgan fingerprint density at radius 3 is 2.41 bits per heavy atom. The molecule has 5 heteroatoms. The van der Waals surface area contributed by atoms with Crippen molar-refractivity contribution in [3.63, 3.8) is 0 Å². The van der Waals surface area contributed by atoms with Crippen LogP contribution >= 0.6 is 0 Å². The van der Waals surface area contributed by atoms with E-state index in [9.17, 15) is 4.79 Å². The van der Waals surface area contributed by atoms with Gasteiger partial charge in [-0.3, -0.25) is 4.79 Å². The average Bonchev–Trinajstić information content (AvgIpc) is 2.60. The summed E-state index contributed by atoms with van der Waals surface area (Å²) in [5.74, 6) is 0.813. The highest BCUT2D eigenvalue weighted by molar-refractivity contribution is 5.89. The number of carbonyl (C=O) groups excluding carboxylic acids is 1. The van der Waals surface area contributed by atoms with Gasteiger partial charge in [0.05, 0.1) is 12.2 Å². The number of rotatable bonds is 9. The third kappa shape index (κ3) is 4.82. The van der Waals surface area contributed by atoms with E-state index in [1.807, 2.05) is 53.7 Å². The summed E-state index contributed by atoms with van der Waals surface area (Å²) in [5, 5.41) is 3.10. The van der Waals surface area contributed by atoms with Gasteiger partial charge in [0, 0.05) is 24.5 Å². The van der Waals surface area contributed by atoms with Crippen molar-refractivity contribution in [2.45, 2.75) is 84.6 Å². The zero-order chi connectivity index (χ0) is 20.2. The Hall–Kier alpha value is -1.59. The van der Waals surface area contributed by atoms with Crippen LogP contribution in [0, 0.1) is 5.41 Å². The lowest BCUT2D eigenvalue weighted by Gasteiger charge is -2.57. The van der Waals surface area contributed by atoms with Crippen molar-refractivity contribution in [3.8, 4) is 5.75 Å². The van der Waals surface area contributed by atoms with Crippen LogP contribution in [0.25, 0.3) is 0 Å². The van der Waals surface area contributed by atoms with Crippen LogP contribution < -0.4 is 15.8 Å². The molecule has 1 aliphatic rings. The van der Waals surface area contributed by atoms with Crippen LogP contribution in [-0.4, -0.2) is 36.3 Å². The standard InChI is InChI=1S/C22H36N2O3/c1-7-26-19-14-22(23,21(19,5)6)20(25)24-16(4)8-9-17-10-12-18(13-11-17)27-15(2)3/h10-13,15-16,19H,7-9,14,23H2,1-6H3,(H,24,25). The second-order valence-corrected chi connectivity index (χ2v) is 8.56. The summed E-state index contributed by atoms with van der Waals surface area (Å²) in [4.78, 5) is 12.8. The minimum atomic E-state index is -0.864. The molecule has 3 N–H and O–H groups in total. The highest BCUT2D eigenvalue weighted by atomic mass is 16.5. The molecule has 0 heterocycles. The van der Waals surface area contributed by atoms with E-state index in [2.05, 4.69) is 17.4 Å². The van der Waals surface area contributed by atoms with Gasteiger partial charge in [0.25, 0.3) is 0 Å². The Kier molecular flexibility index (Phi) is 6.92. The van der Waals surface area contributed by atoms with Crippen LogP contribution in [0.1, 0.15) is 59.9 Å². The highest BCUT2D eigenvalue weighted by Crippen LogP contribution is 2.49. The number of hydrogen-bond acceptors (Lipinski definition) is 4. The fraction of sp³-hybridized carbons (Fsp3) is 0.682. The third-order valence-electron chi connectivity index (χ3n) is 5.77. The Morgan fingerprint density at radius 2 is 1.89 bits per heavy atom. The van der Waals surface area contributed by atoms with Gasteiger partial charge in [-0.2, -0.15) is 0 Å². The Morgan fingerprint density at radius 1 is 1.26 bits per heavy atom. The summed E-state index contributed by atoms with van der Waals surface area (Å²) >= 11 is 0. The first kappa shape index (κ1) is 21.7. The van der Waals surface area contributed by atoms with E-state index in [1.54, 1.807) is 0 Å². The van der Waals surface area contributed by atoms with Crippen molar-refractivity contribution >= 4 is 5.91 Å². The van der Waals surface area contributed by atoms with Gasteiger partial charge in [-0.25, -0.2) is 0 Å². The highest BCUT2D eigenvalue weighted by Gasteiger charge is 2.62. The lowest BCUT2D eigenvalue weighted by Crippen LogP contribution is -2.76. The van der Waals surface area contributed by atoms with Crippen LogP contribution in [0.3, 0.4) is 0 Å². The molecular weight excluding hydrogens is 340 g/mol. The molecule has 1 amide bonds. The number of ether oxygens (including phenoxy) is 2. The third-order valence-corrected chi connectivity index (χ3v) is 5.77. The molecular formula is C22H36N2O3. The minimum Gasteiger partial charge on any atom is -0.491 e. The fourth-order valence-electron chi connectivity index (χ4n) is 3.64. The topological polar surface area (TPSA) is 73.6 Å². The van der Waals surface area contributed by atoms with Crippen molar-refractivity contribution in [2.75, 3.05) is 6.61 Å². The van der Waals surface area contributed by atoms with Crippen molar-refractivity contribution in [1.82, 2.24) is 5.32 Å². The first-order chi connectivity index (χ1) is 12.6. The van der Waals surface area contributed by atoms with Crippen LogP contribution in [0.2, 0.25) is 0 Å². The van der Waals surface area contributed by atoms with E-state index in [0.717, 1.165) is 18.6 Å². The molecule has 1 aromatic rings. The molecule has 0 spiro atoms. The Labute approximate surface area is 164 Å². The monoisotopic (exact) mass is 376 g/mol. The van der Waals surface area contributed by atoms with Gasteiger partial charge < -0.3 is 20.5 Å². The maximum absolute atomic E-state index is 12.8. The van der Waals surface area contributed by atoms with E-state index >= 15 is 0 Å². The largest absolute Gasteiger partial charge is 0.491 e. The van der Waals surface area contributed by atoms with Crippen molar-refractivity contribution < 1.29 is 14.3 Å². The average molecular weight is 377 g/mol. The molecule has 1 aliphatic carbocycles. The summed E-state index contributed by atoms with van der Waals surface area (Å²) in [6.07, 6.45) is 2.55. The maximum Gasteiger partial charge on any atom is 0.241 e. The predicted octanol–water partition coefficient (Wildman–Crippen LogP) is 3.44. The molecule has 5 nitrogen and oxygen atoms in total. The molecule has 152 valence electrons. The molecule has 0 aromatic heterocycles. The molecule has 1 saturated carbocycles. The normalized spacial score (nSPS) is 25.0. The van der Waals surface area contributed by atoms with Crippen LogP contribution in [0.4, 0.5) is 0 Å². The van der Waals surface area contributed by atoms with Gasteiger partial charge in [0.1, 0.15) is 11.3 Å². The Balaban J connectivity index is 1.83. The number of benzene rings is 1. The number of carbonyl (C=O) groups is 1. The zero-order valence-corrected chi connectivity index (χ0v) is 17.7. The molecule has 0 bridgehead atoms. The van der Waals surface area contributed by atoms with Crippen molar-refractivity contribution in [2.24, 2.45) is 11.1 Å². The van der Waals surface area contributed by atoms with E-state index in [4.69, 9.17) is 15.2 Å². The molecule has 2 rings (SSSR count). The van der Waals surface area contributed by atoms with Crippen molar-refractivity contribution in [1.29, 1.82) is 0 Å². The van der Waals surface area contributed by atoms with Crippen LogP contribution in [0.15, 0.2) is 24.3 Å². The second kappa shape index (κ2) is 8.61. The molecule has 1 fully saturated rings. The smallest absolute Gasteiger partial charge is 0.241 e. The number of nitrogens with two attached hydrogens (primary N) is 1. The maximum atomic E-state index is 12.8. The van der Waals surface area contributed by atoms with Gasteiger partial charge >= 0.3 is 0 Å². The van der Waals surface area contributed by atoms with Gasteiger partial charge in [-0.15, -0.1) is 0 Å². The molecule has 0 aliphatic heterocycles. The quantitative estimate of drug-likeness (QED) is 0.692. The lowest BCUT2D eigenvalue weighted by molar-refractivity contribution is -0.171. The van der Waals surface area contributed by atoms with E-state index in [-0.39, 0.29) is 29.6 Å². The zero-order valence-electron chi connectivity index (χ0n) is 17.7.